The zero-order valence-corrected chi connectivity index (χ0v) is 12.7. The van der Waals surface area contributed by atoms with E-state index in [0.29, 0.717) is 17.4 Å². The molecular weight excluding hydrogens is 292 g/mol. The largest absolute Gasteiger partial charge is 0.469 e. The number of nitrogens with zero attached hydrogens (tertiary/aromatic N) is 2. The van der Waals surface area contributed by atoms with Crippen molar-refractivity contribution in [3.63, 3.8) is 0 Å². The van der Waals surface area contributed by atoms with Crippen LogP contribution in [-0.2, 0) is 14.3 Å². The van der Waals surface area contributed by atoms with E-state index >= 15 is 0 Å². The minimum absolute atomic E-state index is 0.0915. The highest BCUT2D eigenvalue weighted by atomic mass is 32.2. The van der Waals surface area contributed by atoms with Crippen LogP contribution < -0.4 is 0 Å². The first-order valence-corrected chi connectivity index (χ1v) is 7.38. The van der Waals surface area contributed by atoms with E-state index in [-0.39, 0.29) is 24.1 Å². The zero-order valence-electron chi connectivity index (χ0n) is 11.9. The van der Waals surface area contributed by atoms with E-state index < -0.39 is 0 Å². The van der Waals surface area contributed by atoms with E-state index in [9.17, 15) is 9.59 Å². The maximum Gasteiger partial charge on any atom is 0.307 e. The molecule has 0 atom stereocenters. The van der Waals surface area contributed by atoms with Crippen molar-refractivity contribution in [2.75, 3.05) is 26.5 Å². The highest BCUT2D eigenvalue weighted by molar-refractivity contribution is 7.99. The number of methoxy groups -OCH3 is 1. The maximum atomic E-state index is 11.9. The summed E-state index contributed by atoms with van der Waals surface area (Å²) < 4.78 is 10.1. The van der Waals surface area contributed by atoms with Crippen molar-refractivity contribution in [2.24, 2.45) is 0 Å². The monoisotopic (exact) mass is 308 g/mol. The van der Waals surface area contributed by atoms with Crippen LogP contribution in [0.15, 0.2) is 33.9 Å². The van der Waals surface area contributed by atoms with Crippen LogP contribution in [0.4, 0.5) is 0 Å². The number of amides is 1. The Kier molecular flexibility index (Phi) is 5.21. The number of benzene rings is 1. The summed E-state index contributed by atoms with van der Waals surface area (Å²) in [7, 11) is 2.98. The summed E-state index contributed by atoms with van der Waals surface area (Å²) in [5.41, 5.74) is 1.47. The summed E-state index contributed by atoms with van der Waals surface area (Å²) in [6, 6.07) is 7.43. The van der Waals surface area contributed by atoms with Gasteiger partial charge in [-0.2, -0.15) is 0 Å². The second kappa shape index (κ2) is 7.12. The molecule has 112 valence electrons. The molecule has 7 heteroatoms. The van der Waals surface area contributed by atoms with Gasteiger partial charge in [0.05, 0.1) is 19.3 Å². The number of hydrogen-bond acceptors (Lipinski definition) is 6. The van der Waals surface area contributed by atoms with Gasteiger partial charge in [-0.1, -0.05) is 23.9 Å². The van der Waals surface area contributed by atoms with Crippen LogP contribution in [-0.4, -0.2) is 48.2 Å². The number of rotatable bonds is 6. The quantitative estimate of drug-likeness (QED) is 0.600. The summed E-state index contributed by atoms with van der Waals surface area (Å²) >= 11 is 1.24. The third-order valence-corrected chi connectivity index (χ3v) is 3.71. The lowest BCUT2D eigenvalue weighted by Crippen LogP contribution is -2.30. The third kappa shape index (κ3) is 4.22. The summed E-state index contributed by atoms with van der Waals surface area (Å²) in [5, 5.41) is 0.464. The van der Waals surface area contributed by atoms with Crippen LogP contribution >= 0.6 is 11.8 Å². The fraction of sp³-hybridized carbons (Fsp3) is 0.357. The first-order chi connectivity index (χ1) is 10.1. The fourth-order valence-electron chi connectivity index (χ4n) is 1.63. The molecule has 0 saturated carbocycles. The highest BCUT2D eigenvalue weighted by Crippen LogP contribution is 2.23. The lowest BCUT2D eigenvalue weighted by atomic mass is 10.3. The van der Waals surface area contributed by atoms with Gasteiger partial charge in [0.2, 0.25) is 5.91 Å². The Morgan fingerprint density at radius 2 is 2.14 bits per heavy atom. The van der Waals surface area contributed by atoms with Crippen LogP contribution in [0.25, 0.3) is 11.1 Å². The molecule has 0 aliphatic rings. The molecule has 0 spiro atoms. The Hall–Kier alpha value is -2.02. The molecule has 0 bridgehead atoms. The van der Waals surface area contributed by atoms with Crippen LogP contribution in [0.1, 0.15) is 6.42 Å². The van der Waals surface area contributed by atoms with Gasteiger partial charge in [0, 0.05) is 13.6 Å². The molecule has 6 nitrogen and oxygen atoms in total. The van der Waals surface area contributed by atoms with E-state index in [2.05, 4.69) is 9.72 Å². The number of fused-ring (bicyclic) bond motifs is 1. The lowest BCUT2D eigenvalue weighted by molar-refractivity contribution is -0.141. The van der Waals surface area contributed by atoms with Gasteiger partial charge in [-0.05, 0) is 12.1 Å². The Morgan fingerprint density at radius 3 is 2.86 bits per heavy atom. The van der Waals surface area contributed by atoms with Gasteiger partial charge >= 0.3 is 5.97 Å². The fourth-order valence-corrected chi connectivity index (χ4v) is 2.41. The standard InChI is InChI=1S/C14H16N2O4S/c1-16(8-7-13(18)19-2)12(17)9-21-14-15-10-5-3-4-6-11(10)20-14/h3-6H,7-9H2,1-2H3. The maximum absolute atomic E-state index is 11.9. The molecule has 0 aliphatic heterocycles. The van der Waals surface area contributed by atoms with Gasteiger partial charge in [0.25, 0.3) is 5.22 Å². The number of aromatic nitrogens is 1. The highest BCUT2D eigenvalue weighted by Gasteiger charge is 2.13. The average Bonchev–Trinajstić information content (AvgIpc) is 2.92. The lowest BCUT2D eigenvalue weighted by Gasteiger charge is -2.15. The number of thioether (sulfide) groups is 1. The second-order valence-electron chi connectivity index (χ2n) is 4.38. The summed E-state index contributed by atoms with van der Waals surface area (Å²) in [5.74, 6) is -0.211. The molecule has 1 aromatic carbocycles. The van der Waals surface area contributed by atoms with Gasteiger partial charge in [-0.3, -0.25) is 9.59 Å². The van der Waals surface area contributed by atoms with E-state index in [1.165, 1.54) is 23.8 Å². The van der Waals surface area contributed by atoms with E-state index in [0.717, 1.165) is 5.52 Å². The number of carbonyl (C=O) groups excluding carboxylic acids is 2. The number of esters is 1. The Labute approximate surface area is 126 Å². The van der Waals surface area contributed by atoms with Gasteiger partial charge < -0.3 is 14.1 Å². The summed E-state index contributed by atoms with van der Waals surface area (Å²) in [6.07, 6.45) is 0.187. The van der Waals surface area contributed by atoms with Crippen LogP contribution in [0.5, 0.6) is 0 Å². The Morgan fingerprint density at radius 1 is 1.38 bits per heavy atom. The number of ether oxygens (including phenoxy) is 1. The molecule has 0 fully saturated rings. The predicted octanol–water partition coefficient (Wildman–Crippen LogP) is 1.94. The van der Waals surface area contributed by atoms with E-state index in [4.69, 9.17) is 4.42 Å². The zero-order chi connectivity index (χ0) is 15.2. The molecule has 0 unspecified atom stereocenters. The normalized spacial score (nSPS) is 10.6. The molecule has 0 N–H and O–H groups in total. The van der Waals surface area contributed by atoms with Crippen molar-refractivity contribution in [3.8, 4) is 0 Å². The van der Waals surface area contributed by atoms with Crippen molar-refractivity contribution >= 4 is 34.7 Å². The van der Waals surface area contributed by atoms with Gasteiger partial charge in [-0.25, -0.2) is 4.98 Å². The van der Waals surface area contributed by atoms with Crippen LogP contribution in [0.3, 0.4) is 0 Å². The van der Waals surface area contributed by atoms with Crippen LogP contribution in [0.2, 0.25) is 0 Å². The molecule has 1 amide bonds. The van der Waals surface area contributed by atoms with Gasteiger partial charge in [0.15, 0.2) is 5.58 Å². The summed E-state index contributed by atoms with van der Waals surface area (Å²) in [4.78, 5) is 28.7. The first kappa shape index (κ1) is 15.4. The minimum atomic E-state index is -0.332. The summed E-state index contributed by atoms with van der Waals surface area (Å²) in [6.45, 7) is 0.333. The van der Waals surface area contributed by atoms with Crippen molar-refractivity contribution in [1.29, 1.82) is 0 Å². The SMILES string of the molecule is COC(=O)CCN(C)C(=O)CSc1nc2ccccc2o1. The van der Waals surface area contributed by atoms with Gasteiger partial charge in [-0.15, -0.1) is 0 Å². The van der Waals surface area contributed by atoms with Crippen molar-refractivity contribution < 1.29 is 18.7 Å². The average molecular weight is 308 g/mol. The molecular formula is C14H16N2O4S. The number of carbonyl (C=O) groups is 2. The third-order valence-electron chi connectivity index (χ3n) is 2.90. The van der Waals surface area contributed by atoms with Crippen molar-refractivity contribution in [2.45, 2.75) is 11.6 Å². The van der Waals surface area contributed by atoms with E-state index in [1.54, 1.807) is 7.05 Å². The minimum Gasteiger partial charge on any atom is -0.469 e. The Balaban J connectivity index is 1.84. The molecule has 2 aromatic rings. The molecule has 21 heavy (non-hydrogen) atoms. The molecule has 2 rings (SSSR count). The van der Waals surface area contributed by atoms with Crippen molar-refractivity contribution in [3.05, 3.63) is 24.3 Å². The number of para-hydroxylation sites is 2. The van der Waals surface area contributed by atoms with Crippen molar-refractivity contribution in [1.82, 2.24) is 9.88 Å². The molecule has 1 heterocycles. The van der Waals surface area contributed by atoms with E-state index in [1.807, 2.05) is 24.3 Å². The molecule has 0 radical (unpaired) electrons. The smallest absolute Gasteiger partial charge is 0.307 e. The second-order valence-corrected chi connectivity index (χ2v) is 5.30. The Bertz CT molecular complexity index is 608. The molecule has 1 aromatic heterocycles. The first-order valence-electron chi connectivity index (χ1n) is 6.39. The number of hydrogen-bond donors (Lipinski definition) is 0. The molecule has 0 aliphatic carbocycles. The predicted molar refractivity (Wildman–Crippen MR) is 79.0 cm³/mol. The topological polar surface area (TPSA) is 72.6 Å². The molecule has 0 saturated heterocycles. The van der Waals surface area contributed by atoms with Gasteiger partial charge in [0.1, 0.15) is 5.52 Å². The number of oxazole rings is 1. The van der Waals surface area contributed by atoms with Crippen LogP contribution in [0, 0.1) is 0 Å².